The van der Waals surface area contributed by atoms with Crippen LogP contribution in [0.15, 0.2) is 53.1 Å². The molecule has 0 radical (unpaired) electrons. The van der Waals surface area contributed by atoms with E-state index in [0.717, 1.165) is 0 Å². The summed E-state index contributed by atoms with van der Waals surface area (Å²) in [5.74, 6) is 0.632. The molecular formula is C15H11F2N3O2. The maximum Gasteiger partial charge on any atom is 0.387 e. The van der Waals surface area contributed by atoms with Crippen LogP contribution in [-0.4, -0.2) is 16.8 Å². The van der Waals surface area contributed by atoms with Crippen molar-refractivity contribution in [2.75, 3.05) is 5.73 Å². The van der Waals surface area contributed by atoms with Crippen molar-refractivity contribution in [1.29, 1.82) is 0 Å². The molecule has 3 rings (SSSR count). The molecule has 0 fully saturated rings. The van der Waals surface area contributed by atoms with Gasteiger partial charge in [-0.2, -0.15) is 13.8 Å². The number of halogens is 2. The first-order chi connectivity index (χ1) is 10.6. The Morgan fingerprint density at radius 2 is 1.82 bits per heavy atom. The summed E-state index contributed by atoms with van der Waals surface area (Å²) in [6.07, 6.45) is 0. The molecule has 0 aliphatic carbocycles. The third-order valence-electron chi connectivity index (χ3n) is 2.90. The zero-order valence-corrected chi connectivity index (χ0v) is 11.2. The summed E-state index contributed by atoms with van der Waals surface area (Å²) in [4.78, 5) is 4.24. The van der Waals surface area contributed by atoms with Gasteiger partial charge < -0.3 is 15.0 Å². The van der Waals surface area contributed by atoms with Gasteiger partial charge in [-0.15, -0.1) is 0 Å². The molecule has 0 atom stereocenters. The van der Waals surface area contributed by atoms with Crippen LogP contribution in [0.25, 0.3) is 22.8 Å². The first-order valence-electron chi connectivity index (χ1n) is 6.37. The van der Waals surface area contributed by atoms with Crippen LogP contribution in [0.2, 0.25) is 0 Å². The van der Waals surface area contributed by atoms with E-state index in [4.69, 9.17) is 10.3 Å². The number of benzene rings is 2. The Kier molecular flexibility index (Phi) is 3.69. The highest BCUT2D eigenvalue weighted by atomic mass is 19.3. The number of alkyl halides is 2. The minimum atomic E-state index is -2.88. The van der Waals surface area contributed by atoms with Crippen LogP contribution >= 0.6 is 0 Å². The zero-order valence-electron chi connectivity index (χ0n) is 11.2. The van der Waals surface area contributed by atoms with Crippen molar-refractivity contribution in [1.82, 2.24) is 10.1 Å². The van der Waals surface area contributed by atoms with Gasteiger partial charge in [0.1, 0.15) is 5.75 Å². The van der Waals surface area contributed by atoms with Crippen molar-refractivity contribution in [2.45, 2.75) is 6.61 Å². The molecule has 0 unspecified atom stereocenters. The van der Waals surface area contributed by atoms with Crippen molar-refractivity contribution in [3.05, 3.63) is 48.5 Å². The van der Waals surface area contributed by atoms with E-state index < -0.39 is 6.61 Å². The van der Waals surface area contributed by atoms with Gasteiger partial charge in [-0.25, -0.2) is 0 Å². The second-order valence-electron chi connectivity index (χ2n) is 4.45. The van der Waals surface area contributed by atoms with Crippen LogP contribution in [0.1, 0.15) is 0 Å². The lowest BCUT2D eigenvalue weighted by molar-refractivity contribution is -0.0498. The number of aromatic nitrogens is 2. The first kappa shape index (κ1) is 14.0. The van der Waals surface area contributed by atoms with Gasteiger partial charge in [0.2, 0.25) is 5.82 Å². The average molecular weight is 303 g/mol. The van der Waals surface area contributed by atoms with Crippen LogP contribution in [-0.2, 0) is 0 Å². The van der Waals surface area contributed by atoms with Gasteiger partial charge in [0.25, 0.3) is 5.89 Å². The van der Waals surface area contributed by atoms with Gasteiger partial charge >= 0.3 is 6.61 Å². The molecule has 1 heterocycles. The van der Waals surface area contributed by atoms with Gasteiger partial charge in [-0.3, -0.25) is 0 Å². The first-order valence-corrected chi connectivity index (χ1v) is 6.37. The quantitative estimate of drug-likeness (QED) is 0.746. The Bertz CT molecular complexity index is 772. The molecule has 22 heavy (non-hydrogen) atoms. The molecule has 5 nitrogen and oxygen atoms in total. The fourth-order valence-corrected chi connectivity index (χ4v) is 1.90. The van der Waals surface area contributed by atoms with Gasteiger partial charge in [0, 0.05) is 16.8 Å². The summed E-state index contributed by atoms with van der Waals surface area (Å²) >= 11 is 0. The lowest BCUT2D eigenvalue weighted by Gasteiger charge is -2.04. The average Bonchev–Trinajstić information content (AvgIpc) is 2.97. The summed E-state index contributed by atoms with van der Waals surface area (Å²) in [6.45, 7) is -2.88. The van der Waals surface area contributed by atoms with Gasteiger partial charge in [-0.1, -0.05) is 17.3 Å². The molecule has 0 saturated heterocycles. The van der Waals surface area contributed by atoms with Gasteiger partial charge in [0.15, 0.2) is 0 Å². The fourth-order valence-electron chi connectivity index (χ4n) is 1.90. The van der Waals surface area contributed by atoms with E-state index in [1.807, 2.05) is 0 Å². The van der Waals surface area contributed by atoms with Crippen molar-refractivity contribution < 1.29 is 18.0 Å². The fraction of sp³-hybridized carbons (Fsp3) is 0.0667. The molecule has 0 aliphatic rings. The Labute approximate surface area is 124 Å². The summed E-state index contributed by atoms with van der Waals surface area (Å²) < 4.78 is 34.0. The molecule has 0 bridgehead atoms. The summed E-state index contributed by atoms with van der Waals surface area (Å²) in [6, 6.07) is 13.0. The molecule has 112 valence electrons. The topological polar surface area (TPSA) is 74.2 Å². The summed E-state index contributed by atoms with van der Waals surface area (Å²) in [5, 5.41) is 3.85. The Morgan fingerprint density at radius 1 is 1.05 bits per heavy atom. The van der Waals surface area contributed by atoms with E-state index >= 15 is 0 Å². The molecule has 2 aromatic carbocycles. The third-order valence-corrected chi connectivity index (χ3v) is 2.90. The Hall–Kier alpha value is -2.96. The molecule has 2 N–H and O–H groups in total. The minimum absolute atomic E-state index is 0.0336. The molecule has 3 aromatic rings. The van der Waals surface area contributed by atoms with E-state index in [2.05, 4.69) is 14.9 Å². The van der Waals surface area contributed by atoms with E-state index in [1.165, 1.54) is 12.1 Å². The van der Waals surface area contributed by atoms with Gasteiger partial charge in [0.05, 0.1) is 0 Å². The summed E-state index contributed by atoms with van der Waals surface area (Å²) in [5.41, 5.74) is 7.47. The highest BCUT2D eigenvalue weighted by molar-refractivity contribution is 5.62. The maximum absolute atomic E-state index is 12.2. The van der Waals surface area contributed by atoms with E-state index in [-0.39, 0.29) is 11.6 Å². The van der Waals surface area contributed by atoms with Crippen LogP contribution < -0.4 is 10.5 Å². The van der Waals surface area contributed by atoms with Gasteiger partial charge in [-0.05, 0) is 36.4 Å². The lowest BCUT2D eigenvalue weighted by atomic mass is 10.2. The smallest absolute Gasteiger partial charge is 0.387 e. The van der Waals surface area contributed by atoms with Crippen molar-refractivity contribution in [3.8, 4) is 28.6 Å². The van der Waals surface area contributed by atoms with Crippen LogP contribution in [0.4, 0.5) is 14.5 Å². The highest BCUT2D eigenvalue weighted by Gasteiger charge is 2.12. The standard InChI is InChI=1S/C15H11F2N3O2/c16-15(17)21-12-3-1-2-10(8-12)13-19-14(22-20-13)9-4-6-11(18)7-5-9/h1-8,15H,18H2. The maximum atomic E-state index is 12.2. The van der Waals surface area contributed by atoms with Crippen molar-refractivity contribution >= 4 is 5.69 Å². The SMILES string of the molecule is Nc1ccc(-c2nc(-c3cccc(OC(F)F)c3)no2)cc1. The largest absolute Gasteiger partial charge is 0.435 e. The highest BCUT2D eigenvalue weighted by Crippen LogP contribution is 2.25. The molecule has 0 saturated carbocycles. The molecule has 7 heteroatoms. The van der Waals surface area contributed by atoms with Crippen LogP contribution in [0.5, 0.6) is 5.75 Å². The molecular weight excluding hydrogens is 292 g/mol. The zero-order chi connectivity index (χ0) is 15.5. The van der Waals surface area contributed by atoms with E-state index in [0.29, 0.717) is 22.7 Å². The predicted octanol–water partition coefficient (Wildman–Crippen LogP) is 3.59. The van der Waals surface area contributed by atoms with Crippen molar-refractivity contribution in [2.24, 2.45) is 0 Å². The minimum Gasteiger partial charge on any atom is -0.435 e. The van der Waals surface area contributed by atoms with Crippen molar-refractivity contribution in [3.63, 3.8) is 0 Å². The number of anilines is 1. The normalized spacial score (nSPS) is 10.9. The predicted molar refractivity (Wildman–Crippen MR) is 76.2 cm³/mol. The van der Waals surface area contributed by atoms with E-state index in [9.17, 15) is 8.78 Å². The molecule has 0 aliphatic heterocycles. The number of hydrogen-bond donors (Lipinski definition) is 1. The molecule has 1 aromatic heterocycles. The number of nitrogens with zero attached hydrogens (tertiary/aromatic N) is 2. The number of nitrogen functional groups attached to an aromatic ring is 1. The van der Waals surface area contributed by atoms with Crippen LogP contribution in [0.3, 0.4) is 0 Å². The second kappa shape index (κ2) is 5.80. The third kappa shape index (κ3) is 3.03. The van der Waals surface area contributed by atoms with Crippen LogP contribution in [0, 0.1) is 0 Å². The number of nitrogens with two attached hydrogens (primary N) is 1. The number of ether oxygens (including phenoxy) is 1. The second-order valence-corrected chi connectivity index (χ2v) is 4.45. The molecule has 0 spiro atoms. The van der Waals surface area contributed by atoms with E-state index in [1.54, 1.807) is 36.4 Å². The Morgan fingerprint density at radius 3 is 2.55 bits per heavy atom. The monoisotopic (exact) mass is 303 g/mol. The molecule has 0 amide bonds. The Balaban J connectivity index is 1.89. The lowest BCUT2D eigenvalue weighted by Crippen LogP contribution is -2.01. The summed E-state index contributed by atoms with van der Waals surface area (Å²) in [7, 11) is 0. The number of hydrogen-bond acceptors (Lipinski definition) is 5. The number of rotatable bonds is 4.